The molecule has 0 aliphatic carbocycles. The average molecular weight is 293 g/mol. The van der Waals surface area contributed by atoms with Crippen LogP contribution in [0.15, 0.2) is 12.4 Å². The van der Waals surface area contributed by atoms with Gasteiger partial charge in [0, 0.05) is 38.6 Å². The fourth-order valence-electron chi connectivity index (χ4n) is 3.65. The Bertz CT molecular complexity index is 452. The molecule has 3 heterocycles. The zero-order chi connectivity index (χ0) is 14.7. The van der Waals surface area contributed by atoms with E-state index in [1.807, 2.05) is 19.3 Å². The highest BCUT2D eigenvalue weighted by Gasteiger charge is 2.43. The molecule has 2 fully saturated rings. The number of aromatic nitrogens is 2. The molecule has 0 bridgehead atoms. The highest BCUT2D eigenvalue weighted by atomic mass is 16.5. The Morgan fingerprint density at radius 1 is 1.38 bits per heavy atom. The van der Waals surface area contributed by atoms with Gasteiger partial charge in [-0.05, 0) is 45.6 Å². The van der Waals surface area contributed by atoms with Gasteiger partial charge in [-0.25, -0.2) is 4.98 Å². The van der Waals surface area contributed by atoms with Crippen molar-refractivity contribution in [2.75, 3.05) is 26.2 Å². The molecule has 1 unspecified atom stereocenters. The van der Waals surface area contributed by atoms with E-state index >= 15 is 0 Å². The van der Waals surface area contributed by atoms with Gasteiger partial charge in [-0.3, -0.25) is 0 Å². The fourth-order valence-corrected chi connectivity index (χ4v) is 3.65. The lowest BCUT2D eigenvalue weighted by Gasteiger charge is -2.46. The maximum atomic E-state index is 10.2. The molecule has 5 heteroatoms. The number of hydrogen-bond donors (Lipinski definition) is 1. The Kier molecular flexibility index (Phi) is 4.62. The average Bonchev–Trinajstić information content (AvgIpc) is 2.90. The van der Waals surface area contributed by atoms with Crippen LogP contribution in [0.4, 0.5) is 0 Å². The summed E-state index contributed by atoms with van der Waals surface area (Å²) in [4.78, 5) is 6.75. The molecule has 118 valence electrons. The normalized spacial score (nSPS) is 26.3. The predicted molar refractivity (Wildman–Crippen MR) is 81.2 cm³/mol. The molecule has 5 nitrogen and oxygen atoms in total. The maximum absolute atomic E-state index is 10.2. The van der Waals surface area contributed by atoms with Crippen molar-refractivity contribution in [1.29, 1.82) is 0 Å². The fraction of sp³-hybridized carbons (Fsp3) is 0.812. The van der Waals surface area contributed by atoms with Crippen molar-refractivity contribution in [3.05, 3.63) is 18.2 Å². The third-order valence-electron chi connectivity index (χ3n) is 5.12. The van der Waals surface area contributed by atoms with E-state index in [0.29, 0.717) is 0 Å². The lowest BCUT2D eigenvalue weighted by atomic mass is 9.82. The third-order valence-corrected chi connectivity index (χ3v) is 5.12. The number of ether oxygens (including phenoxy) is 1. The van der Waals surface area contributed by atoms with E-state index in [9.17, 15) is 5.11 Å². The molecule has 1 atom stereocenters. The van der Waals surface area contributed by atoms with Gasteiger partial charge in [-0.15, -0.1) is 0 Å². The topological polar surface area (TPSA) is 50.5 Å². The predicted octanol–water partition coefficient (Wildman–Crippen LogP) is 1.59. The van der Waals surface area contributed by atoms with E-state index in [2.05, 4.69) is 14.5 Å². The number of aliphatic hydroxyl groups excluding tert-OH is 1. The van der Waals surface area contributed by atoms with Crippen LogP contribution in [-0.2, 0) is 11.3 Å². The number of nitrogens with zero attached hydrogens (tertiary/aromatic N) is 3. The third kappa shape index (κ3) is 3.30. The SMILES string of the molecule is Cc1nccn1CCCN1CCC2(CC1)OCCCC2O. The van der Waals surface area contributed by atoms with Crippen LogP contribution in [0, 0.1) is 6.92 Å². The standard InChI is InChI=1S/C16H27N3O2/c1-14-17-7-12-19(14)9-3-8-18-10-5-16(6-11-18)15(20)4-2-13-21-16/h7,12,15,20H,2-6,8-11,13H2,1H3. The number of likely N-dealkylation sites (tertiary alicyclic amines) is 1. The molecular weight excluding hydrogens is 266 g/mol. The smallest absolute Gasteiger partial charge is 0.105 e. The van der Waals surface area contributed by atoms with Crippen LogP contribution < -0.4 is 0 Å². The van der Waals surface area contributed by atoms with E-state index in [4.69, 9.17) is 4.74 Å². The van der Waals surface area contributed by atoms with Gasteiger partial charge >= 0.3 is 0 Å². The van der Waals surface area contributed by atoms with Crippen LogP contribution in [0.5, 0.6) is 0 Å². The molecule has 2 aliphatic heterocycles. The summed E-state index contributed by atoms with van der Waals surface area (Å²) in [5.74, 6) is 1.09. The van der Waals surface area contributed by atoms with Crippen LogP contribution in [0.25, 0.3) is 0 Å². The van der Waals surface area contributed by atoms with Crippen molar-refractivity contribution >= 4 is 0 Å². The second kappa shape index (κ2) is 6.46. The Labute approximate surface area is 126 Å². The molecular formula is C16H27N3O2. The number of piperidine rings is 1. The lowest BCUT2D eigenvalue weighted by molar-refractivity contribution is -0.176. The monoisotopic (exact) mass is 293 g/mol. The van der Waals surface area contributed by atoms with Gasteiger partial charge in [0.15, 0.2) is 0 Å². The lowest BCUT2D eigenvalue weighted by Crippen LogP contribution is -2.55. The zero-order valence-corrected chi connectivity index (χ0v) is 13.0. The van der Waals surface area contributed by atoms with E-state index in [1.54, 1.807) is 0 Å². The summed E-state index contributed by atoms with van der Waals surface area (Å²) in [6.45, 7) is 7.10. The molecule has 1 aromatic rings. The zero-order valence-electron chi connectivity index (χ0n) is 13.0. The van der Waals surface area contributed by atoms with E-state index in [1.165, 1.54) is 0 Å². The van der Waals surface area contributed by atoms with Gasteiger partial charge < -0.3 is 19.3 Å². The van der Waals surface area contributed by atoms with Crippen molar-refractivity contribution < 1.29 is 9.84 Å². The molecule has 0 radical (unpaired) electrons. The maximum Gasteiger partial charge on any atom is 0.105 e. The summed E-state index contributed by atoms with van der Waals surface area (Å²) in [5, 5.41) is 10.2. The minimum Gasteiger partial charge on any atom is -0.390 e. The highest BCUT2D eigenvalue weighted by Crippen LogP contribution is 2.35. The molecule has 2 aliphatic rings. The first kappa shape index (κ1) is 15.0. The first-order valence-corrected chi connectivity index (χ1v) is 8.22. The van der Waals surface area contributed by atoms with Gasteiger partial charge in [0.1, 0.15) is 5.82 Å². The Morgan fingerprint density at radius 2 is 2.19 bits per heavy atom. The molecule has 1 spiro atoms. The first-order chi connectivity index (χ1) is 10.2. The van der Waals surface area contributed by atoms with Crippen molar-refractivity contribution in [1.82, 2.24) is 14.5 Å². The van der Waals surface area contributed by atoms with Gasteiger partial charge in [0.2, 0.25) is 0 Å². The van der Waals surface area contributed by atoms with Crippen molar-refractivity contribution in [2.24, 2.45) is 0 Å². The van der Waals surface area contributed by atoms with Gasteiger partial charge in [0.05, 0.1) is 11.7 Å². The van der Waals surface area contributed by atoms with Gasteiger partial charge in [-0.2, -0.15) is 0 Å². The minimum atomic E-state index is -0.262. The van der Waals surface area contributed by atoms with Crippen LogP contribution >= 0.6 is 0 Å². The van der Waals surface area contributed by atoms with E-state index < -0.39 is 0 Å². The molecule has 21 heavy (non-hydrogen) atoms. The second-order valence-electron chi connectivity index (χ2n) is 6.43. The first-order valence-electron chi connectivity index (χ1n) is 8.22. The quantitative estimate of drug-likeness (QED) is 0.916. The van der Waals surface area contributed by atoms with Gasteiger partial charge in [0.25, 0.3) is 0 Å². The summed E-state index contributed by atoms with van der Waals surface area (Å²) >= 11 is 0. The summed E-state index contributed by atoms with van der Waals surface area (Å²) in [5.41, 5.74) is -0.240. The van der Waals surface area contributed by atoms with Crippen LogP contribution in [-0.4, -0.2) is 57.5 Å². The number of rotatable bonds is 4. The number of aryl methyl sites for hydroxylation is 2. The van der Waals surface area contributed by atoms with Crippen molar-refractivity contribution in [2.45, 2.75) is 57.3 Å². The minimum absolute atomic E-state index is 0.240. The summed E-state index contributed by atoms with van der Waals surface area (Å²) < 4.78 is 8.16. The Hall–Kier alpha value is -0.910. The summed E-state index contributed by atoms with van der Waals surface area (Å²) in [6, 6.07) is 0. The molecule has 0 amide bonds. The summed E-state index contributed by atoms with van der Waals surface area (Å²) in [7, 11) is 0. The number of hydrogen-bond acceptors (Lipinski definition) is 4. The molecule has 1 N–H and O–H groups in total. The second-order valence-corrected chi connectivity index (χ2v) is 6.43. The Morgan fingerprint density at radius 3 is 2.86 bits per heavy atom. The van der Waals surface area contributed by atoms with E-state index in [0.717, 1.165) is 70.7 Å². The number of imidazole rings is 1. The van der Waals surface area contributed by atoms with Crippen molar-refractivity contribution in [3.8, 4) is 0 Å². The molecule has 0 aromatic carbocycles. The largest absolute Gasteiger partial charge is 0.390 e. The van der Waals surface area contributed by atoms with Gasteiger partial charge in [-0.1, -0.05) is 0 Å². The van der Waals surface area contributed by atoms with Crippen molar-refractivity contribution in [3.63, 3.8) is 0 Å². The molecule has 1 aromatic heterocycles. The summed E-state index contributed by atoms with van der Waals surface area (Å²) in [6.07, 6.45) is 8.64. The highest BCUT2D eigenvalue weighted by molar-refractivity contribution is 4.95. The van der Waals surface area contributed by atoms with Crippen LogP contribution in [0.3, 0.4) is 0 Å². The van der Waals surface area contributed by atoms with E-state index in [-0.39, 0.29) is 11.7 Å². The number of aliphatic hydroxyl groups is 1. The molecule has 2 saturated heterocycles. The Balaban J connectivity index is 1.42. The molecule has 0 saturated carbocycles. The van der Waals surface area contributed by atoms with Crippen LogP contribution in [0.1, 0.15) is 37.9 Å². The van der Waals surface area contributed by atoms with Crippen LogP contribution in [0.2, 0.25) is 0 Å². The molecule has 3 rings (SSSR count).